The van der Waals surface area contributed by atoms with Gasteiger partial charge in [0.1, 0.15) is 10.6 Å². The van der Waals surface area contributed by atoms with Gasteiger partial charge in [-0.1, -0.05) is 24.3 Å². The summed E-state index contributed by atoms with van der Waals surface area (Å²) in [6.45, 7) is 2.69. The second-order valence-electron chi connectivity index (χ2n) is 5.78. The van der Waals surface area contributed by atoms with Gasteiger partial charge in [0.25, 0.3) is 0 Å². The minimum atomic E-state index is -0.345. The van der Waals surface area contributed by atoms with E-state index in [0.29, 0.717) is 12.1 Å². The molecule has 0 saturated heterocycles. The molecule has 0 radical (unpaired) electrons. The molecule has 2 aromatic carbocycles. The molecule has 124 valence electrons. The van der Waals surface area contributed by atoms with E-state index in [4.69, 9.17) is 4.42 Å². The molecular formula is C20H16N2O2S. The number of aryl methyl sites for hydroxylation is 1. The van der Waals surface area contributed by atoms with Crippen LogP contribution in [0.2, 0.25) is 0 Å². The van der Waals surface area contributed by atoms with Crippen molar-refractivity contribution in [3.63, 3.8) is 0 Å². The third-order valence-electron chi connectivity index (χ3n) is 4.11. The Bertz CT molecular complexity index is 1080. The van der Waals surface area contributed by atoms with Gasteiger partial charge in [-0.05, 0) is 30.2 Å². The molecule has 0 aliphatic rings. The Kier molecular flexibility index (Phi) is 4.07. The van der Waals surface area contributed by atoms with Crippen LogP contribution in [0.4, 0.5) is 5.69 Å². The Labute approximate surface area is 148 Å². The van der Waals surface area contributed by atoms with Crippen molar-refractivity contribution < 1.29 is 4.42 Å². The van der Waals surface area contributed by atoms with Gasteiger partial charge in [-0.2, -0.15) is 0 Å². The fourth-order valence-corrected chi connectivity index (χ4v) is 3.44. The lowest BCUT2D eigenvalue weighted by Crippen LogP contribution is -2.01. The Morgan fingerprint density at radius 3 is 2.80 bits per heavy atom. The zero-order valence-corrected chi connectivity index (χ0v) is 14.5. The largest absolute Gasteiger partial charge is 0.423 e. The Morgan fingerprint density at radius 1 is 1.12 bits per heavy atom. The van der Waals surface area contributed by atoms with E-state index < -0.39 is 0 Å². The molecule has 0 amide bonds. The van der Waals surface area contributed by atoms with Crippen LogP contribution in [0.5, 0.6) is 0 Å². The first-order valence-electron chi connectivity index (χ1n) is 7.97. The van der Waals surface area contributed by atoms with Crippen LogP contribution in [0.1, 0.15) is 10.6 Å². The van der Waals surface area contributed by atoms with E-state index >= 15 is 0 Å². The Balaban J connectivity index is 1.76. The molecule has 25 heavy (non-hydrogen) atoms. The van der Waals surface area contributed by atoms with Gasteiger partial charge in [-0.15, -0.1) is 11.3 Å². The fourth-order valence-electron chi connectivity index (χ4n) is 2.89. The normalized spacial score (nSPS) is 10.9. The first-order valence-corrected chi connectivity index (χ1v) is 8.85. The summed E-state index contributed by atoms with van der Waals surface area (Å²) in [5.74, 6) is 0. The third-order valence-corrected chi connectivity index (χ3v) is 4.89. The minimum absolute atomic E-state index is 0.345. The van der Waals surface area contributed by atoms with Crippen LogP contribution >= 0.6 is 11.3 Å². The van der Waals surface area contributed by atoms with E-state index in [1.54, 1.807) is 23.6 Å². The van der Waals surface area contributed by atoms with Gasteiger partial charge in [0.15, 0.2) is 0 Å². The first kappa shape index (κ1) is 15.6. The van der Waals surface area contributed by atoms with Crippen molar-refractivity contribution in [1.29, 1.82) is 0 Å². The van der Waals surface area contributed by atoms with E-state index in [9.17, 15) is 4.79 Å². The van der Waals surface area contributed by atoms with Crippen LogP contribution in [0.3, 0.4) is 0 Å². The molecule has 0 unspecified atom stereocenters. The Morgan fingerprint density at radius 2 is 2.00 bits per heavy atom. The molecule has 0 atom stereocenters. The van der Waals surface area contributed by atoms with Gasteiger partial charge >= 0.3 is 5.63 Å². The quantitative estimate of drug-likeness (QED) is 0.536. The molecule has 5 heteroatoms. The molecule has 4 nitrogen and oxygen atoms in total. The summed E-state index contributed by atoms with van der Waals surface area (Å²) < 4.78 is 5.43. The summed E-state index contributed by atoms with van der Waals surface area (Å²) in [6, 6.07) is 15.5. The topological polar surface area (TPSA) is 55.1 Å². The average Bonchev–Trinajstić information content (AvgIpc) is 3.13. The number of hydrogen-bond donors (Lipinski definition) is 1. The number of anilines is 1. The van der Waals surface area contributed by atoms with Gasteiger partial charge in [-0.3, -0.25) is 0 Å². The van der Waals surface area contributed by atoms with Crippen LogP contribution in [0, 0.1) is 6.92 Å². The van der Waals surface area contributed by atoms with Crippen molar-refractivity contribution >= 4 is 28.0 Å². The van der Waals surface area contributed by atoms with E-state index in [1.807, 2.05) is 54.8 Å². The van der Waals surface area contributed by atoms with Crippen molar-refractivity contribution in [2.45, 2.75) is 13.5 Å². The molecule has 0 fully saturated rings. The second kappa shape index (κ2) is 6.53. The SMILES string of the molecule is Cc1ccccc1-c1cc(=O)oc2cc(NCc3nccs3)ccc12. The first-order chi connectivity index (χ1) is 12.2. The number of rotatable bonds is 4. The summed E-state index contributed by atoms with van der Waals surface area (Å²) in [5, 5.41) is 7.20. The van der Waals surface area contributed by atoms with Crippen molar-refractivity contribution in [2.75, 3.05) is 5.32 Å². The highest BCUT2D eigenvalue weighted by atomic mass is 32.1. The van der Waals surface area contributed by atoms with Crippen molar-refractivity contribution in [2.24, 2.45) is 0 Å². The lowest BCUT2D eigenvalue weighted by Gasteiger charge is -2.10. The minimum Gasteiger partial charge on any atom is -0.423 e. The number of benzene rings is 2. The maximum Gasteiger partial charge on any atom is 0.336 e. The van der Waals surface area contributed by atoms with Crippen molar-refractivity contribution in [3.8, 4) is 11.1 Å². The number of nitrogens with zero attached hydrogens (tertiary/aromatic N) is 1. The van der Waals surface area contributed by atoms with Crippen molar-refractivity contribution in [3.05, 3.63) is 81.1 Å². The van der Waals surface area contributed by atoms with Crippen LogP contribution in [-0.4, -0.2) is 4.98 Å². The number of fused-ring (bicyclic) bond motifs is 1. The van der Waals surface area contributed by atoms with E-state index in [-0.39, 0.29) is 5.63 Å². The van der Waals surface area contributed by atoms with E-state index in [1.165, 1.54) is 0 Å². The van der Waals surface area contributed by atoms with Crippen molar-refractivity contribution in [1.82, 2.24) is 4.98 Å². The zero-order valence-electron chi connectivity index (χ0n) is 13.7. The van der Waals surface area contributed by atoms with Gasteiger partial charge in [0.2, 0.25) is 0 Å². The predicted octanol–water partition coefficient (Wildman–Crippen LogP) is 4.84. The molecule has 4 aromatic rings. The predicted molar refractivity (Wildman–Crippen MR) is 102 cm³/mol. The van der Waals surface area contributed by atoms with E-state index in [2.05, 4.69) is 10.3 Å². The van der Waals surface area contributed by atoms with E-state index in [0.717, 1.165) is 32.8 Å². The van der Waals surface area contributed by atoms with Gasteiger partial charge in [0, 0.05) is 40.3 Å². The summed E-state index contributed by atoms with van der Waals surface area (Å²) in [6.07, 6.45) is 1.79. The molecule has 0 aliphatic heterocycles. The summed E-state index contributed by atoms with van der Waals surface area (Å²) in [7, 11) is 0. The highest BCUT2D eigenvalue weighted by Gasteiger charge is 2.10. The maximum absolute atomic E-state index is 12.0. The number of nitrogens with one attached hydrogen (secondary N) is 1. The number of thiazole rings is 1. The molecule has 0 saturated carbocycles. The standard InChI is InChI=1S/C20H16N2O2S/c1-13-4-2-3-5-15(13)17-11-20(23)24-18-10-14(6-7-16(17)18)22-12-19-21-8-9-25-19/h2-11,22H,12H2,1H3. The molecule has 0 aliphatic carbocycles. The molecule has 1 N–H and O–H groups in total. The lowest BCUT2D eigenvalue weighted by atomic mass is 9.98. The zero-order chi connectivity index (χ0) is 17.2. The second-order valence-corrected chi connectivity index (χ2v) is 6.76. The van der Waals surface area contributed by atoms with Crippen LogP contribution in [-0.2, 0) is 6.54 Å². The maximum atomic E-state index is 12.0. The van der Waals surface area contributed by atoms with Gasteiger partial charge < -0.3 is 9.73 Å². The van der Waals surface area contributed by atoms with Gasteiger partial charge in [-0.25, -0.2) is 9.78 Å². The highest BCUT2D eigenvalue weighted by Crippen LogP contribution is 2.31. The van der Waals surface area contributed by atoms with Gasteiger partial charge in [0.05, 0.1) is 6.54 Å². The molecule has 4 rings (SSSR count). The van der Waals surface area contributed by atoms with Crippen LogP contribution < -0.4 is 10.9 Å². The number of hydrogen-bond acceptors (Lipinski definition) is 5. The molecule has 2 heterocycles. The summed E-state index contributed by atoms with van der Waals surface area (Å²) in [4.78, 5) is 16.3. The van der Waals surface area contributed by atoms with Crippen LogP contribution in [0.15, 0.2) is 69.3 Å². The highest BCUT2D eigenvalue weighted by molar-refractivity contribution is 7.09. The fraction of sp³-hybridized carbons (Fsp3) is 0.100. The Hall–Kier alpha value is -2.92. The monoisotopic (exact) mass is 348 g/mol. The molecule has 0 bridgehead atoms. The third kappa shape index (κ3) is 3.19. The lowest BCUT2D eigenvalue weighted by molar-refractivity contribution is 0.561. The molecular weight excluding hydrogens is 332 g/mol. The average molecular weight is 348 g/mol. The number of aromatic nitrogens is 1. The summed E-state index contributed by atoms with van der Waals surface area (Å²) >= 11 is 1.60. The molecule has 2 aromatic heterocycles. The van der Waals surface area contributed by atoms with Crippen LogP contribution in [0.25, 0.3) is 22.1 Å². The molecule has 0 spiro atoms. The summed E-state index contributed by atoms with van der Waals surface area (Å²) in [5.41, 5.74) is 4.20. The smallest absolute Gasteiger partial charge is 0.336 e.